The molecule has 2 aliphatic heterocycles. The zero-order valence-corrected chi connectivity index (χ0v) is 23.0. The van der Waals surface area contributed by atoms with Gasteiger partial charge in [-0.1, -0.05) is 43.3 Å². The molecular formula is C27H33Cl2N5OS. The van der Waals surface area contributed by atoms with Crippen molar-refractivity contribution in [3.63, 3.8) is 0 Å². The highest BCUT2D eigenvalue weighted by atomic mass is 35.5. The molecule has 0 amide bonds. The van der Waals surface area contributed by atoms with E-state index < -0.39 is 0 Å². The molecule has 6 nitrogen and oxygen atoms in total. The Hall–Kier alpha value is -2.16. The van der Waals surface area contributed by atoms with E-state index >= 15 is 0 Å². The van der Waals surface area contributed by atoms with Crippen LogP contribution in [0.5, 0.6) is 0 Å². The van der Waals surface area contributed by atoms with Crippen LogP contribution in [0.25, 0.3) is 21.0 Å². The maximum Gasteiger partial charge on any atom is 0.262 e. The second kappa shape index (κ2) is 11.5. The first-order chi connectivity index (χ1) is 16.7. The molecule has 0 spiro atoms. The fourth-order valence-corrected chi connectivity index (χ4v) is 6.56. The topological polar surface area (TPSA) is 44.6 Å². The Labute approximate surface area is 228 Å². The minimum absolute atomic E-state index is 0. The van der Waals surface area contributed by atoms with Gasteiger partial charge in [-0.3, -0.25) is 19.2 Å². The van der Waals surface area contributed by atoms with Gasteiger partial charge in [-0.2, -0.15) is 0 Å². The molecule has 0 saturated carbocycles. The van der Waals surface area contributed by atoms with Gasteiger partial charge in [-0.25, -0.2) is 4.98 Å². The van der Waals surface area contributed by atoms with Crippen molar-refractivity contribution in [3.8, 4) is 0 Å². The lowest BCUT2D eigenvalue weighted by molar-refractivity contribution is 0.247. The second-order valence-electron chi connectivity index (χ2n) is 9.37. The Bertz CT molecular complexity index is 1390. The molecule has 0 bridgehead atoms. The van der Waals surface area contributed by atoms with E-state index in [-0.39, 0.29) is 30.4 Å². The predicted molar refractivity (Wildman–Crippen MR) is 156 cm³/mol. The number of hydrogen-bond donors (Lipinski definition) is 0. The number of hydrogen-bond acceptors (Lipinski definition) is 6. The van der Waals surface area contributed by atoms with Crippen LogP contribution in [0.15, 0.2) is 53.6 Å². The van der Waals surface area contributed by atoms with E-state index in [4.69, 9.17) is 0 Å². The molecule has 4 heterocycles. The Morgan fingerprint density at radius 2 is 1.69 bits per heavy atom. The molecule has 4 aromatic rings. The van der Waals surface area contributed by atoms with E-state index in [0.29, 0.717) is 6.54 Å². The minimum atomic E-state index is 0. The lowest BCUT2D eigenvalue weighted by Gasteiger charge is -2.36. The van der Waals surface area contributed by atoms with Crippen LogP contribution >= 0.6 is 36.2 Å². The van der Waals surface area contributed by atoms with Gasteiger partial charge in [0.25, 0.3) is 5.56 Å². The van der Waals surface area contributed by atoms with Gasteiger partial charge in [0.1, 0.15) is 4.83 Å². The van der Waals surface area contributed by atoms with E-state index in [2.05, 4.69) is 69.1 Å². The quantitative estimate of drug-likeness (QED) is 0.365. The molecule has 2 aromatic heterocycles. The summed E-state index contributed by atoms with van der Waals surface area (Å²) in [5, 5.41) is 3.48. The van der Waals surface area contributed by atoms with Crippen molar-refractivity contribution >= 4 is 62.8 Å². The molecule has 9 heteroatoms. The molecule has 0 atom stereocenters. The number of likely N-dealkylation sites (N-methyl/N-ethyl adjacent to an activating group) is 1. The first-order valence-corrected chi connectivity index (χ1v) is 13.2. The molecule has 2 aliphatic rings. The van der Waals surface area contributed by atoms with Crippen molar-refractivity contribution in [3.05, 3.63) is 69.6 Å². The summed E-state index contributed by atoms with van der Waals surface area (Å²) in [5.41, 5.74) is 2.69. The van der Waals surface area contributed by atoms with Gasteiger partial charge in [0.05, 0.1) is 11.7 Å². The number of nitrogens with zero attached hydrogens (tertiary/aromatic N) is 5. The molecule has 1 fully saturated rings. The van der Waals surface area contributed by atoms with Gasteiger partial charge in [-0.05, 0) is 30.0 Å². The minimum Gasteiger partial charge on any atom is -0.368 e. The van der Waals surface area contributed by atoms with Crippen molar-refractivity contribution in [2.24, 2.45) is 0 Å². The van der Waals surface area contributed by atoms with Crippen LogP contribution in [0.3, 0.4) is 0 Å². The summed E-state index contributed by atoms with van der Waals surface area (Å²) < 4.78 is 1.83. The number of thiophene rings is 1. The molecule has 1 saturated heterocycles. The number of fused-ring (bicyclic) bond motifs is 4. The fraction of sp³-hybridized carbons (Fsp3) is 0.407. The maximum atomic E-state index is 13.4. The normalized spacial score (nSPS) is 16.5. The highest BCUT2D eigenvalue weighted by Gasteiger charge is 2.24. The van der Waals surface area contributed by atoms with Crippen molar-refractivity contribution in [2.75, 3.05) is 50.7 Å². The SMILES string of the molecule is CCN1CCc2sc3ncn(CCN4CCN(c5cccc6ccccc56)CC4)c(=O)c3c2C1.Cl.Cl. The molecule has 192 valence electrons. The number of aromatic nitrogens is 2. The lowest BCUT2D eigenvalue weighted by atomic mass is 10.1. The summed E-state index contributed by atoms with van der Waals surface area (Å²) in [7, 11) is 0. The van der Waals surface area contributed by atoms with Crippen LogP contribution in [-0.4, -0.2) is 65.2 Å². The maximum absolute atomic E-state index is 13.4. The van der Waals surface area contributed by atoms with Gasteiger partial charge in [0, 0.05) is 68.3 Å². The van der Waals surface area contributed by atoms with E-state index in [1.165, 1.54) is 26.9 Å². The summed E-state index contributed by atoms with van der Waals surface area (Å²) in [5.74, 6) is 0. The van der Waals surface area contributed by atoms with Crippen LogP contribution in [0, 0.1) is 0 Å². The monoisotopic (exact) mass is 545 g/mol. The highest BCUT2D eigenvalue weighted by molar-refractivity contribution is 7.18. The molecule has 36 heavy (non-hydrogen) atoms. The van der Waals surface area contributed by atoms with E-state index in [9.17, 15) is 4.79 Å². The van der Waals surface area contributed by atoms with Gasteiger partial charge < -0.3 is 4.90 Å². The first kappa shape index (κ1) is 26.9. The van der Waals surface area contributed by atoms with Crippen LogP contribution in [-0.2, 0) is 19.5 Å². The number of anilines is 1. The summed E-state index contributed by atoms with van der Waals surface area (Å²) in [6.45, 7) is 10.8. The Kier molecular flexibility index (Phi) is 8.58. The highest BCUT2D eigenvalue weighted by Crippen LogP contribution is 2.32. The largest absolute Gasteiger partial charge is 0.368 e. The summed E-state index contributed by atoms with van der Waals surface area (Å²) >= 11 is 1.71. The number of rotatable bonds is 5. The predicted octanol–water partition coefficient (Wildman–Crippen LogP) is 4.66. The molecule has 0 radical (unpaired) electrons. The third-order valence-electron chi connectivity index (χ3n) is 7.48. The van der Waals surface area contributed by atoms with Gasteiger partial charge in [0.15, 0.2) is 0 Å². The molecule has 0 unspecified atom stereocenters. The molecule has 0 N–H and O–H groups in total. The number of halogens is 2. The zero-order chi connectivity index (χ0) is 23.1. The lowest BCUT2D eigenvalue weighted by Crippen LogP contribution is -2.47. The van der Waals surface area contributed by atoms with Crippen molar-refractivity contribution in [2.45, 2.75) is 26.4 Å². The zero-order valence-electron chi connectivity index (χ0n) is 20.6. The average molecular weight is 547 g/mol. The van der Waals surface area contributed by atoms with Gasteiger partial charge in [0.2, 0.25) is 0 Å². The number of piperazine rings is 1. The van der Waals surface area contributed by atoms with Crippen molar-refractivity contribution in [1.82, 2.24) is 19.4 Å². The van der Waals surface area contributed by atoms with Crippen LogP contribution in [0.1, 0.15) is 17.4 Å². The molecular weight excluding hydrogens is 513 g/mol. The first-order valence-electron chi connectivity index (χ1n) is 12.4. The summed E-state index contributed by atoms with van der Waals surface area (Å²) in [6, 6.07) is 15.2. The van der Waals surface area contributed by atoms with Gasteiger partial charge >= 0.3 is 0 Å². The number of benzene rings is 2. The fourth-order valence-electron chi connectivity index (χ4n) is 5.43. The van der Waals surface area contributed by atoms with Crippen LogP contribution < -0.4 is 10.5 Å². The second-order valence-corrected chi connectivity index (χ2v) is 10.5. The smallest absolute Gasteiger partial charge is 0.262 e. The third kappa shape index (κ3) is 5.00. The Morgan fingerprint density at radius 3 is 2.50 bits per heavy atom. The average Bonchev–Trinajstić information content (AvgIpc) is 3.27. The summed E-state index contributed by atoms with van der Waals surface area (Å²) in [6.07, 6.45) is 2.79. The Balaban J connectivity index is 0.00000152. The molecule has 2 aromatic carbocycles. The van der Waals surface area contributed by atoms with E-state index in [1.807, 2.05) is 4.57 Å². The van der Waals surface area contributed by atoms with E-state index in [0.717, 1.165) is 69.0 Å². The van der Waals surface area contributed by atoms with Gasteiger partial charge in [-0.15, -0.1) is 36.2 Å². The van der Waals surface area contributed by atoms with E-state index in [1.54, 1.807) is 17.7 Å². The molecule has 6 rings (SSSR count). The summed E-state index contributed by atoms with van der Waals surface area (Å²) in [4.78, 5) is 27.7. The van der Waals surface area contributed by atoms with Crippen molar-refractivity contribution < 1.29 is 0 Å². The standard InChI is InChI=1S/C27H31N5OS.2ClH/c1-2-29-11-10-24-22(18-29)25-26(34-24)28-19-32(27(25)33)17-14-30-12-15-31(16-13-30)23-9-5-7-20-6-3-4-8-21(20)23;;/h3-9,19H,2,10-18H2,1H3;2*1H. The van der Waals surface area contributed by atoms with Crippen LogP contribution in [0.2, 0.25) is 0 Å². The third-order valence-corrected chi connectivity index (χ3v) is 8.68. The van der Waals surface area contributed by atoms with Crippen molar-refractivity contribution in [1.29, 1.82) is 0 Å². The molecule has 0 aliphatic carbocycles. The Morgan fingerprint density at radius 1 is 0.917 bits per heavy atom. The van der Waals surface area contributed by atoms with Crippen LogP contribution in [0.4, 0.5) is 5.69 Å².